The average Bonchev–Trinajstić information content (AvgIpc) is 3.39. The van der Waals surface area contributed by atoms with Crippen LogP contribution in [0.2, 0.25) is 0 Å². The van der Waals surface area contributed by atoms with E-state index < -0.39 is 11.9 Å². The van der Waals surface area contributed by atoms with E-state index in [0.29, 0.717) is 5.13 Å². The average molecular weight is 413 g/mol. The van der Waals surface area contributed by atoms with Crippen LogP contribution in [0.1, 0.15) is 37.1 Å². The normalized spacial score (nSPS) is 17.8. The van der Waals surface area contributed by atoms with Crippen molar-refractivity contribution in [1.82, 2.24) is 4.98 Å². The van der Waals surface area contributed by atoms with Crippen LogP contribution < -0.4 is 10.2 Å². The number of esters is 1. The van der Waals surface area contributed by atoms with Gasteiger partial charge in [-0.15, -0.1) is 11.3 Å². The molecule has 152 valence electrons. The highest BCUT2D eigenvalue weighted by Gasteiger charge is 2.39. The SMILES string of the molecule is CCOC(=O)C(=O)Nc1nc(-c2ccc3c(c2)C[C@H](C)N3C(=O)C2CC2)c(C)s1. The molecule has 4 rings (SSSR count). The van der Waals surface area contributed by atoms with Gasteiger partial charge in [-0.1, -0.05) is 6.07 Å². The number of nitrogens with zero attached hydrogens (tertiary/aromatic N) is 2. The molecule has 1 aromatic carbocycles. The van der Waals surface area contributed by atoms with Crippen LogP contribution in [0.4, 0.5) is 10.8 Å². The highest BCUT2D eigenvalue weighted by Crippen LogP contribution is 2.41. The topological polar surface area (TPSA) is 88.6 Å². The molecule has 1 fully saturated rings. The fraction of sp³-hybridized carbons (Fsp3) is 0.429. The molecule has 1 aliphatic heterocycles. The zero-order valence-electron chi connectivity index (χ0n) is 16.7. The number of hydrogen-bond donors (Lipinski definition) is 1. The Labute approximate surface area is 173 Å². The minimum atomic E-state index is -0.922. The smallest absolute Gasteiger partial charge is 0.397 e. The van der Waals surface area contributed by atoms with Gasteiger partial charge < -0.3 is 9.64 Å². The molecule has 2 aliphatic rings. The van der Waals surface area contributed by atoms with Gasteiger partial charge in [0.1, 0.15) is 0 Å². The van der Waals surface area contributed by atoms with Crippen LogP contribution in [0.5, 0.6) is 0 Å². The van der Waals surface area contributed by atoms with E-state index in [9.17, 15) is 14.4 Å². The first-order chi connectivity index (χ1) is 13.9. The van der Waals surface area contributed by atoms with Crippen molar-refractivity contribution in [1.29, 1.82) is 0 Å². The standard InChI is InChI=1S/C21H23N3O4S/c1-4-28-20(27)18(25)23-21-22-17(12(3)29-21)14-7-8-16-15(10-14)9-11(2)24(16)19(26)13-5-6-13/h7-8,10-11,13H,4-6,9H2,1-3H3,(H,22,23,25)/t11-/m0/s1. The van der Waals surface area contributed by atoms with Gasteiger partial charge in [0.15, 0.2) is 5.13 Å². The summed E-state index contributed by atoms with van der Waals surface area (Å²) in [6.45, 7) is 5.79. The first-order valence-electron chi connectivity index (χ1n) is 9.81. The molecule has 8 heteroatoms. The predicted octanol–water partition coefficient (Wildman–Crippen LogP) is 3.31. The number of rotatable bonds is 4. The number of thiazole rings is 1. The lowest BCUT2D eigenvalue weighted by molar-refractivity contribution is -0.152. The van der Waals surface area contributed by atoms with E-state index in [4.69, 9.17) is 4.74 Å². The number of aryl methyl sites for hydroxylation is 1. The van der Waals surface area contributed by atoms with Crippen molar-refractivity contribution >= 4 is 39.9 Å². The second-order valence-corrected chi connectivity index (χ2v) is 8.68. The number of ether oxygens (including phenoxy) is 1. The van der Waals surface area contributed by atoms with Gasteiger partial charge in [0, 0.05) is 28.1 Å². The molecular weight excluding hydrogens is 390 g/mol. The number of carbonyl (C=O) groups is 3. The number of nitrogens with one attached hydrogen (secondary N) is 1. The molecule has 0 spiro atoms. The highest BCUT2D eigenvalue weighted by molar-refractivity contribution is 7.16. The number of carbonyl (C=O) groups excluding carboxylic acids is 3. The molecule has 1 saturated carbocycles. The van der Waals surface area contributed by atoms with Crippen LogP contribution in [0.25, 0.3) is 11.3 Å². The van der Waals surface area contributed by atoms with Gasteiger partial charge in [-0.3, -0.25) is 14.9 Å². The molecule has 2 heterocycles. The number of anilines is 2. The Balaban J connectivity index is 1.56. The van der Waals surface area contributed by atoms with E-state index in [1.54, 1.807) is 6.92 Å². The maximum atomic E-state index is 12.6. The third-order valence-corrected chi connectivity index (χ3v) is 6.10. The summed E-state index contributed by atoms with van der Waals surface area (Å²) in [5.74, 6) is -1.33. The van der Waals surface area contributed by atoms with Crippen LogP contribution >= 0.6 is 11.3 Å². The molecule has 29 heavy (non-hydrogen) atoms. The van der Waals surface area contributed by atoms with Crippen molar-refractivity contribution in [2.24, 2.45) is 5.92 Å². The van der Waals surface area contributed by atoms with E-state index in [-0.39, 0.29) is 24.5 Å². The highest BCUT2D eigenvalue weighted by atomic mass is 32.1. The largest absolute Gasteiger partial charge is 0.459 e. The summed E-state index contributed by atoms with van der Waals surface area (Å²) in [5.41, 5.74) is 3.81. The van der Waals surface area contributed by atoms with E-state index in [1.807, 2.05) is 24.0 Å². The van der Waals surface area contributed by atoms with Crippen LogP contribution in [0, 0.1) is 12.8 Å². The molecule has 1 aromatic heterocycles. The Bertz CT molecular complexity index is 996. The minimum Gasteiger partial charge on any atom is -0.459 e. The van der Waals surface area contributed by atoms with Crippen molar-refractivity contribution in [3.8, 4) is 11.3 Å². The first-order valence-corrected chi connectivity index (χ1v) is 10.6. The van der Waals surface area contributed by atoms with Gasteiger partial charge in [-0.05, 0) is 57.7 Å². The summed E-state index contributed by atoms with van der Waals surface area (Å²) in [4.78, 5) is 43.4. The molecule has 1 atom stereocenters. The second kappa shape index (κ2) is 7.59. The molecule has 1 N–H and O–H groups in total. The quantitative estimate of drug-likeness (QED) is 0.614. The molecule has 2 aromatic rings. The summed E-state index contributed by atoms with van der Waals surface area (Å²) in [7, 11) is 0. The predicted molar refractivity (Wildman–Crippen MR) is 111 cm³/mol. The van der Waals surface area contributed by atoms with Crippen LogP contribution in [-0.2, 0) is 25.5 Å². The summed E-state index contributed by atoms with van der Waals surface area (Å²) in [5, 5.41) is 2.86. The summed E-state index contributed by atoms with van der Waals surface area (Å²) >= 11 is 1.31. The van der Waals surface area contributed by atoms with Gasteiger partial charge >= 0.3 is 11.9 Å². The molecule has 0 unspecified atom stereocenters. The van der Waals surface area contributed by atoms with Crippen LogP contribution in [0.3, 0.4) is 0 Å². The Morgan fingerprint density at radius 3 is 2.76 bits per heavy atom. The van der Waals surface area contributed by atoms with E-state index >= 15 is 0 Å². The molecule has 0 bridgehead atoms. The van der Waals surface area contributed by atoms with E-state index in [0.717, 1.165) is 46.6 Å². The van der Waals surface area contributed by atoms with Gasteiger partial charge in [-0.2, -0.15) is 0 Å². The molecular formula is C21H23N3O4S. The third kappa shape index (κ3) is 3.76. The van der Waals surface area contributed by atoms with Gasteiger partial charge in [-0.25, -0.2) is 9.78 Å². The summed E-state index contributed by atoms with van der Waals surface area (Å²) in [6, 6.07) is 6.18. The Kier molecular flexibility index (Phi) is 5.12. The molecule has 7 nitrogen and oxygen atoms in total. The van der Waals surface area contributed by atoms with Crippen molar-refractivity contribution < 1.29 is 19.1 Å². The van der Waals surface area contributed by atoms with Gasteiger partial charge in [0.2, 0.25) is 5.91 Å². The molecule has 0 saturated heterocycles. The fourth-order valence-electron chi connectivity index (χ4n) is 3.70. The lowest BCUT2D eigenvalue weighted by Gasteiger charge is -2.22. The van der Waals surface area contributed by atoms with Crippen molar-refractivity contribution in [2.75, 3.05) is 16.8 Å². The maximum Gasteiger partial charge on any atom is 0.397 e. The zero-order chi connectivity index (χ0) is 20.7. The molecule has 2 amide bonds. The van der Waals surface area contributed by atoms with Crippen molar-refractivity contribution in [3.05, 3.63) is 28.6 Å². The van der Waals surface area contributed by atoms with Crippen molar-refractivity contribution in [2.45, 2.75) is 46.1 Å². The second-order valence-electron chi connectivity index (χ2n) is 7.48. The number of amides is 2. The van der Waals surface area contributed by atoms with Crippen LogP contribution in [0.15, 0.2) is 18.2 Å². The Morgan fingerprint density at radius 1 is 1.31 bits per heavy atom. The summed E-state index contributed by atoms with van der Waals surface area (Å²) in [6.07, 6.45) is 2.80. The minimum absolute atomic E-state index is 0.141. The van der Waals surface area contributed by atoms with Gasteiger partial charge in [0.05, 0.1) is 12.3 Å². The monoisotopic (exact) mass is 413 g/mol. The first kappa shape index (κ1) is 19.6. The maximum absolute atomic E-state index is 12.6. The Hall–Kier alpha value is -2.74. The number of aromatic nitrogens is 1. The lowest BCUT2D eigenvalue weighted by Crippen LogP contribution is -2.36. The summed E-state index contributed by atoms with van der Waals surface area (Å²) < 4.78 is 4.70. The molecule has 0 radical (unpaired) electrons. The van der Waals surface area contributed by atoms with E-state index in [2.05, 4.69) is 23.3 Å². The number of hydrogen-bond acceptors (Lipinski definition) is 6. The number of benzene rings is 1. The fourth-order valence-corrected chi connectivity index (χ4v) is 4.53. The van der Waals surface area contributed by atoms with Crippen molar-refractivity contribution in [3.63, 3.8) is 0 Å². The van der Waals surface area contributed by atoms with Crippen LogP contribution in [-0.4, -0.2) is 35.4 Å². The van der Waals surface area contributed by atoms with E-state index in [1.165, 1.54) is 11.3 Å². The zero-order valence-corrected chi connectivity index (χ0v) is 17.5. The third-order valence-electron chi connectivity index (χ3n) is 5.21. The van der Waals surface area contributed by atoms with Gasteiger partial charge in [0.25, 0.3) is 0 Å². The Morgan fingerprint density at radius 2 is 2.07 bits per heavy atom. The molecule has 1 aliphatic carbocycles. The lowest BCUT2D eigenvalue weighted by atomic mass is 10.0. The number of fused-ring (bicyclic) bond motifs is 1.